The summed E-state index contributed by atoms with van der Waals surface area (Å²) in [7, 11) is 0. The first kappa shape index (κ1) is 26.9. The molecule has 0 aliphatic rings. The van der Waals surface area contributed by atoms with Crippen LogP contribution in [0.15, 0.2) is 66.2 Å². The van der Waals surface area contributed by atoms with Gasteiger partial charge in [-0.15, -0.1) is 0 Å². The van der Waals surface area contributed by atoms with Crippen molar-refractivity contribution in [1.82, 2.24) is 29.1 Å². The van der Waals surface area contributed by atoms with Crippen LogP contribution in [0, 0.1) is 11.6 Å². The van der Waals surface area contributed by atoms with Crippen LogP contribution in [-0.2, 0) is 12.1 Å². The summed E-state index contributed by atoms with van der Waals surface area (Å²) in [6.07, 6.45) is -0.337. The van der Waals surface area contributed by atoms with Crippen molar-refractivity contribution in [2.45, 2.75) is 37.5 Å². The minimum atomic E-state index is -4.34. The summed E-state index contributed by atoms with van der Waals surface area (Å²) in [5.74, 6) is -6.40. The van der Waals surface area contributed by atoms with Gasteiger partial charge in [0.2, 0.25) is 0 Å². The zero-order valence-corrected chi connectivity index (χ0v) is 19.6. The number of halogens is 6. The van der Waals surface area contributed by atoms with E-state index in [4.69, 9.17) is 4.74 Å². The van der Waals surface area contributed by atoms with E-state index >= 15 is 0 Å². The van der Waals surface area contributed by atoms with Crippen LogP contribution >= 0.6 is 0 Å². The van der Waals surface area contributed by atoms with Gasteiger partial charge in [-0.2, -0.15) is 23.7 Å². The molecule has 2 aromatic heterocycles. The third kappa shape index (κ3) is 5.27. The summed E-state index contributed by atoms with van der Waals surface area (Å²) in [5.41, 5.74) is -3.04. The Bertz CT molecular complexity index is 1440. The van der Waals surface area contributed by atoms with E-state index in [1.54, 1.807) is 0 Å². The molecule has 9 nitrogen and oxygen atoms in total. The van der Waals surface area contributed by atoms with Gasteiger partial charge in [0.1, 0.15) is 42.0 Å². The molecule has 1 N–H and O–H groups in total. The van der Waals surface area contributed by atoms with Crippen molar-refractivity contribution in [3.05, 3.63) is 89.1 Å². The topological polar surface area (TPSA) is 100.0 Å². The van der Waals surface area contributed by atoms with Crippen LogP contribution in [0.4, 0.5) is 26.3 Å². The summed E-state index contributed by atoms with van der Waals surface area (Å²) in [6.45, 7) is -0.475. The molecule has 38 heavy (non-hydrogen) atoms. The van der Waals surface area contributed by atoms with E-state index in [0.29, 0.717) is 6.07 Å². The predicted octanol–water partition coefficient (Wildman–Crippen LogP) is 3.33. The van der Waals surface area contributed by atoms with Crippen LogP contribution in [0.25, 0.3) is 5.69 Å². The van der Waals surface area contributed by atoms with E-state index in [2.05, 4.69) is 15.2 Å². The lowest BCUT2D eigenvalue weighted by atomic mass is 9.86. The van der Waals surface area contributed by atoms with Gasteiger partial charge in [0, 0.05) is 11.6 Å². The SMILES string of the molecule is CC(n1cnn(-c2ccc(OCC(F)(F)C(F)F)cc2)c1=O)[C@](O)(Cn1cncn1)c1ccc(F)cc1F. The molecule has 0 spiro atoms. The van der Waals surface area contributed by atoms with Crippen LogP contribution in [0.2, 0.25) is 0 Å². The molecule has 0 bridgehead atoms. The molecular weight excluding hydrogens is 522 g/mol. The van der Waals surface area contributed by atoms with Crippen LogP contribution in [-0.4, -0.2) is 53.2 Å². The smallest absolute Gasteiger partial charge is 0.350 e. The van der Waals surface area contributed by atoms with E-state index in [1.165, 1.54) is 48.5 Å². The second-order valence-electron chi connectivity index (χ2n) is 8.39. The summed E-state index contributed by atoms with van der Waals surface area (Å²) >= 11 is 0. The molecule has 2 aromatic carbocycles. The standard InChI is InChI=1S/C23H20F6N6O3/c1-14(22(37,9-33-12-30-11-31-33)18-7-2-15(24)8-19(18)25)34-13-32-35(21(34)36)16-3-5-17(6-4-16)38-10-23(28,29)20(26)27/h2-8,11-14,20,37H,9-10H2,1H3/t14?,22-/m1/s1. The lowest BCUT2D eigenvalue weighted by molar-refractivity contribution is -0.148. The normalized spacial score (nSPS) is 14.4. The summed E-state index contributed by atoms with van der Waals surface area (Å²) in [5, 5.41) is 19.6. The lowest BCUT2D eigenvalue weighted by Gasteiger charge is -2.34. The highest BCUT2D eigenvalue weighted by Crippen LogP contribution is 2.36. The van der Waals surface area contributed by atoms with Gasteiger partial charge in [-0.05, 0) is 37.3 Å². The van der Waals surface area contributed by atoms with Gasteiger partial charge in [0.25, 0.3) is 0 Å². The maximum absolute atomic E-state index is 14.8. The Morgan fingerprint density at radius 2 is 1.76 bits per heavy atom. The number of hydrogen-bond acceptors (Lipinski definition) is 6. The van der Waals surface area contributed by atoms with E-state index in [9.17, 15) is 36.2 Å². The maximum atomic E-state index is 14.8. The van der Waals surface area contributed by atoms with Crippen molar-refractivity contribution in [3.63, 3.8) is 0 Å². The van der Waals surface area contributed by atoms with Crippen LogP contribution < -0.4 is 10.4 Å². The molecule has 0 aliphatic carbocycles. The van der Waals surface area contributed by atoms with Crippen LogP contribution in [0.5, 0.6) is 5.75 Å². The van der Waals surface area contributed by atoms with E-state index in [1.807, 2.05) is 0 Å². The fourth-order valence-electron chi connectivity index (χ4n) is 3.76. The van der Waals surface area contributed by atoms with Crippen molar-refractivity contribution >= 4 is 0 Å². The molecule has 15 heteroatoms. The zero-order valence-electron chi connectivity index (χ0n) is 19.6. The largest absolute Gasteiger partial charge is 0.487 e. The quantitative estimate of drug-likeness (QED) is 0.309. The van der Waals surface area contributed by atoms with Gasteiger partial charge in [0.15, 0.2) is 6.61 Å². The van der Waals surface area contributed by atoms with Crippen molar-refractivity contribution in [3.8, 4) is 11.4 Å². The molecule has 0 saturated carbocycles. The van der Waals surface area contributed by atoms with Crippen molar-refractivity contribution < 1.29 is 36.2 Å². The molecule has 0 saturated heterocycles. The fourth-order valence-corrected chi connectivity index (χ4v) is 3.76. The van der Waals surface area contributed by atoms with Gasteiger partial charge in [-0.25, -0.2) is 32.0 Å². The number of rotatable bonds is 10. The van der Waals surface area contributed by atoms with Gasteiger partial charge >= 0.3 is 18.0 Å². The summed E-state index contributed by atoms with van der Waals surface area (Å²) < 4.78 is 87.0. The Morgan fingerprint density at radius 1 is 1.05 bits per heavy atom. The predicted molar refractivity (Wildman–Crippen MR) is 119 cm³/mol. The molecule has 0 fully saturated rings. The first-order valence-electron chi connectivity index (χ1n) is 11.0. The third-order valence-corrected chi connectivity index (χ3v) is 5.90. The summed E-state index contributed by atoms with van der Waals surface area (Å²) in [4.78, 5) is 17.0. The Kier molecular flexibility index (Phi) is 7.31. The molecule has 0 radical (unpaired) electrons. The first-order valence-corrected chi connectivity index (χ1v) is 11.0. The van der Waals surface area contributed by atoms with Crippen LogP contribution in [0.1, 0.15) is 18.5 Å². The van der Waals surface area contributed by atoms with Crippen molar-refractivity contribution in [1.29, 1.82) is 0 Å². The molecule has 2 atom stereocenters. The molecule has 0 amide bonds. The maximum Gasteiger partial charge on any atom is 0.350 e. The van der Waals surface area contributed by atoms with Gasteiger partial charge < -0.3 is 9.84 Å². The zero-order chi connectivity index (χ0) is 27.7. The minimum absolute atomic E-state index is 0.149. The average molecular weight is 542 g/mol. The molecule has 0 aliphatic heterocycles. The van der Waals surface area contributed by atoms with Gasteiger partial charge in [0.05, 0.1) is 18.3 Å². The molecule has 202 valence electrons. The number of benzene rings is 2. The van der Waals surface area contributed by atoms with Gasteiger partial charge in [-0.3, -0.25) is 4.57 Å². The Balaban J connectivity index is 1.64. The molecule has 1 unspecified atom stereocenters. The average Bonchev–Trinajstić information content (AvgIpc) is 3.52. The molecule has 4 aromatic rings. The lowest BCUT2D eigenvalue weighted by Crippen LogP contribution is -2.43. The number of nitrogens with zero attached hydrogens (tertiary/aromatic N) is 6. The number of aromatic nitrogens is 6. The Morgan fingerprint density at radius 3 is 2.37 bits per heavy atom. The Labute approximate surface area is 210 Å². The number of hydrogen-bond donors (Lipinski definition) is 1. The highest BCUT2D eigenvalue weighted by atomic mass is 19.3. The molecular formula is C23H20F6N6O3. The van der Waals surface area contributed by atoms with Crippen molar-refractivity contribution in [2.75, 3.05) is 6.61 Å². The monoisotopic (exact) mass is 542 g/mol. The highest BCUT2D eigenvalue weighted by Gasteiger charge is 2.42. The fraction of sp³-hybridized carbons (Fsp3) is 0.304. The first-order chi connectivity index (χ1) is 17.9. The second-order valence-corrected chi connectivity index (χ2v) is 8.39. The third-order valence-electron chi connectivity index (χ3n) is 5.90. The minimum Gasteiger partial charge on any atom is -0.487 e. The van der Waals surface area contributed by atoms with E-state index in [0.717, 1.165) is 27.7 Å². The number of aliphatic hydroxyl groups is 1. The summed E-state index contributed by atoms with van der Waals surface area (Å²) in [6, 6.07) is 6.37. The van der Waals surface area contributed by atoms with Gasteiger partial charge in [-0.1, -0.05) is 6.07 Å². The van der Waals surface area contributed by atoms with E-state index < -0.39 is 47.9 Å². The Hall–Kier alpha value is -4.14. The van der Waals surface area contributed by atoms with Crippen LogP contribution in [0.3, 0.4) is 0 Å². The highest BCUT2D eigenvalue weighted by molar-refractivity contribution is 5.36. The van der Waals surface area contributed by atoms with Crippen molar-refractivity contribution in [2.24, 2.45) is 0 Å². The molecule has 4 rings (SSSR count). The number of ether oxygens (including phenoxy) is 1. The molecule has 2 heterocycles. The second kappa shape index (κ2) is 10.3. The number of alkyl halides is 4. The van der Waals surface area contributed by atoms with E-state index in [-0.39, 0.29) is 23.5 Å².